The highest BCUT2D eigenvalue weighted by molar-refractivity contribution is 6.23. The summed E-state index contributed by atoms with van der Waals surface area (Å²) in [5.41, 5.74) is 7.86. The Hall–Kier alpha value is -3.98. The molecule has 1 fully saturated rings. The van der Waals surface area contributed by atoms with E-state index in [1.54, 1.807) is 0 Å². The van der Waals surface area contributed by atoms with Crippen molar-refractivity contribution in [2.75, 3.05) is 0 Å². The first-order valence-corrected chi connectivity index (χ1v) is 13.1. The summed E-state index contributed by atoms with van der Waals surface area (Å²) in [6, 6.07) is 32.1. The lowest BCUT2D eigenvalue weighted by Crippen LogP contribution is -2.54. The van der Waals surface area contributed by atoms with Crippen LogP contribution in [0.1, 0.15) is 42.7 Å². The lowest BCUT2D eigenvalue weighted by molar-refractivity contribution is 0.0687. The fourth-order valence-electron chi connectivity index (χ4n) is 6.56. The highest BCUT2D eigenvalue weighted by Crippen LogP contribution is 2.57. The molecule has 1 spiro atoms. The van der Waals surface area contributed by atoms with E-state index in [1.165, 1.54) is 41.8 Å². The average molecular weight is 468 g/mol. The van der Waals surface area contributed by atoms with Gasteiger partial charge in [0.05, 0.1) is 22.8 Å². The number of rotatable bonds is 3. The molecule has 0 aromatic heterocycles. The molecule has 2 aliphatic carbocycles. The van der Waals surface area contributed by atoms with Gasteiger partial charge in [0.1, 0.15) is 5.66 Å². The summed E-state index contributed by atoms with van der Waals surface area (Å²) in [5, 5.41) is 0. The minimum atomic E-state index is -0.258. The third kappa shape index (κ3) is 3.42. The van der Waals surface area contributed by atoms with E-state index in [1.807, 2.05) is 18.2 Å². The van der Waals surface area contributed by atoms with Crippen LogP contribution in [0.3, 0.4) is 0 Å². The van der Waals surface area contributed by atoms with Gasteiger partial charge in [-0.25, -0.2) is 4.99 Å². The van der Waals surface area contributed by atoms with Gasteiger partial charge in [-0.15, -0.1) is 0 Å². The summed E-state index contributed by atoms with van der Waals surface area (Å²) in [5.74, 6) is 0.771. The van der Waals surface area contributed by atoms with Crippen molar-refractivity contribution in [3.05, 3.63) is 132 Å². The van der Waals surface area contributed by atoms with Crippen LogP contribution < -0.4 is 0 Å². The predicted molar refractivity (Wildman–Crippen MR) is 148 cm³/mol. The third-order valence-electron chi connectivity index (χ3n) is 8.09. The number of fused-ring (bicyclic) bond motifs is 2. The van der Waals surface area contributed by atoms with Gasteiger partial charge in [-0.2, -0.15) is 0 Å². The second-order valence-corrected chi connectivity index (χ2v) is 10.2. The molecule has 0 saturated heterocycles. The molecule has 3 aromatic carbocycles. The fourth-order valence-corrected chi connectivity index (χ4v) is 6.56. The van der Waals surface area contributed by atoms with Crippen molar-refractivity contribution in [1.82, 2.24) is 4.90 Å². The van der Waals surface area contributed by atoms with E-state index in [2.05, 4.69) is 102 Å². The van der Waals surface area contributed by atoms with Crippen molar-refractivity contribution in [2.24, 2.45) is 15.9 Å². The van der Waals surface area contributed by atoms with Gasteiger partial charge in [0.15, 0.2) is 0 Å². The molecule has 4 aliphatic rings. The zero-order chi connectivity index (χ0) is 24.0. The van der Waals surface area contributed by atoms with Crippen molar-refractivity contribution >= 4 is 22.8 Å². The number of para-hydroxylation sites is 1. The van der Waals surface area contributed by atoms with E-state index >= 15 is 0 Å². The first-order valence-electron chi connectivity index (χ1n) is 13.1. The average Bonchev–Trinajstić information content (AvgIpc) is 3.27. The topological polar surface area (TPSA) is 28.0 Å². The Balaban J connectivity index is 1.42. The molecule has 3 aromatic rings. The van der Waals surface area contributed by atoms with E-state index in [-0.39, 0.29) is 5.66 Å². The molecule has 7 rings (SSSR count). The highest BCUT2D eigenvalue weighted by Gasteiger charge is 2.56. The van der Waals surface area contributed by atoms with Crippen LogP contribution in [0.4, 0.5) is 5.69 Å². The Morgan fingerprint density at radius 1 is 0.778 bits per heavy atom. The van der Waals surface area contributed by atoms with Gasteiger partial charge < -0.3 is 4.90 Å². The van der Waals surface area contributed by atoms with Crippen LogP contribution in [0.5, 0.6) is 0 Å². The van der Waals surface area contributed by atoms with Crippen molar-refractivity contribution < 1.29 is 0 Å². The SMILES string of the molecule is C1=CC2=N[C@]34CCCC[C@H]3[C@H](c3ccccc3)C=C(c3ccccc3)N4C2=CC1=Nc1ccccc1. The van der Waals surface area contributed by atoms with Gasteiger partial charge in [0.2, 0.25) is 0 Å². The lowest BCUT2D eigenvalue weighted by Gasteiger charge is -2.53. The fraction of sp³-hybridized carbons (Fsp3) is 0.212. The molecule has 0 amide bonds. The molecule has 2 heterocycles. The van der Waals surface area contributed by atoms with Crippen LogP contribution in [0.2, 0.25) is 0 Å². The van der Waals surface area contributed by atoms with Crippen LogP contribution in [0, 0.1) is 5.92 Å². The second kappa shape index (κ2) is 8.60. The molecular weight excluding hydrogens is 438 g/mol. The van der Waals surface area contributed by atoms with Gasteiger partial charge in [-0.1, -0.05) is 91.4 Å². The standard InChI is InChI=1S/C33H29N3/c1-4-12-24(13-5-1)28-23-31(25-14-6-2-7-15-25)36-32-22-27(34-26-16-8-3-9-17-26)19-20-30(32)35-33(36)21-11-10-18-29(28)33/h1-9,12-17,19-20,22-23,28-29H,10-11,18,21H2/t28-,29-,33-/m0/s1. The first-order chi connectivity index (χ1) is 17.8. The summed E-state index contributed by atoms with van der Waals surface area (Å²) in [6.45, 7) is 0. The van der Waals surface area contributed by atoms with Crippen molar-refractivity contribution in [2.45, 2.75) is 37.3 Å². The van der Waals surface area contributed by atoms with Gasteiger partial charge >= 0.3 is 0 Å². The Labute approximate surface area is 212 Å². The molecule has 0 radical (unpaired) electrons. The molecular formula is C33H29N3. The quantitative estimate of drug-likeness (QED) is 0.363. The first kappa shape index (κ1) is 21.3. The van der Waals surface area contributed by atoms with Gasteiger partial charge in [0, 0.05) is 17.5 Å². The maximum atomic E-state index is 5.57. The molecule has 36 heavy (non-hydrogen) atoms. The van der Waals surface area contributed by atoms with Crippen LogP contribution in [0.25, 0.3) is 5.70 Å². The predicted octanol–water partition coefficient (Wildman–Crippen LogP) is 7.69. The molecule has 1 saturated carbocycles. The molecule has 0 unspecified atom stereocenters. The monoisotopic (exact) mass is 467 g/mol. The maximum Gasteiger partial charge on any atom is 0.140 e. The van der Waals surface area contributed by atoms with Gasteiger partial charge in [-0.3, -0.25) is 4.99 Å². The van der Waals surface area contributed by atoms with Crippen LogP contribution in [-0.2, 0) is 0 Å². The number of hydrogen-bond donors (Lipinski definition) is 0. The van der Waals surface area contributed by atoms with E-state index in [0.717, 1.165) is 23.5 Å². The largest absolute Gasteiger partial charge is 0.313 e. The molecule has 3 heteroatoms. The minimum absolute atomic E-state index is 0.258. The number of aliphatic imine (C=N–C) groups is 2. The zero-order valence-electron chi connectivity index (χ0n) is 20.3. The molecule has 2 aliphatic heterocycles. The zero-order valence-corrected chi connectivity index (χ0v) is 20.3. The smallest absolute Gasteiger partial charge is 0.140 e. The number of allylic oxidation sites excluding steroid dienone is 4. The van der Waals surface area contributed by atoms with Crippen LogP contribution in [-0.4, -0.2) is 22.0 Å². The van der Waals surface area contributed by atoms with Crippen molar-refractivity contribution in [1.29, 1.82) is 0 Å². The summed E-state index contributed by atoms with van der Waals surface area (Å²) < 4.78 is 0. The molecule has 0 bridgehead atoms. The summed E-state index contributed by atoms with van der Waals surface area (Å²) in [7, 11) is 0. The Morgan fingerprint density at radius 2 is 1.50 bits per heavy atom. The lowest BCUT2D eigenvalue weighted by atomic mass is 9.66. The molecule has 0 N–H and O–H groups in total. The Kier molecular flexibility index (Phi) is 5.09. The second-order valence-electron chi connectivity index (χ2n) is 10.2. The number of nitrogens with zero attached hydrogens (tertiary/aromatic N) is 3. The summed E-state index contributed by atoms with van der Waals surface area (Å²) in [6.07, 6.45) is 13.8. The third-order valence-corrected chi connectivity index (χ3v) is 8.09. The molecule has 3 atom stereocenters. The van der Waals surface area contributed by atoms with Gasteiger partial charge in [-0.05, 0) is 60.8 Å². The van der Waals surface area contributed by atoms with E-state index in [9.17, 15) is 0 Å². The van der Waals surface area contributed by atoms with E-state index < -0.39 is 0 Å². The highest BCUT2D eigenvalue weighted by atomic mass is 15.4. The maximum absolute atomic E-state index is 5.57. The summed E-state index contributed by atoms with van der Waals surface area (Å²) in [4.78, 5) is 13.1. The molecule has 176 valence electrons. The normalized spacial score (nSPS) is 27.5. The Morgan fingerprint density at radius 3 is 2.28 bits per heavy atom. The minimum Gasteiger partial charge on any atom is -0.313 e. The number of hydrogen-bond acceptors (Lipinski definition) is 3. The summed E-state index contributed by atoms with van der Waals surface area (Å²) >= 11 is 0. The van der Waals surface area contributed by atoms with Crippen molar-refractivity contribution in [3.63, 3.8) is 0 Å². The van der Waals surface area contributed by atoms with Crippen LogP contribution in [0.15, 0.2) is 131 Å². The van der Waals surface area contributed by atoms with Gasteiger partial charge in [0.25, 0.3) is 0 Å². The number of benzene rings is 3. The Bertz CT molecular complexity index is 1430. The molecule has 3 nitrogen and oxygen atoms in total. The van der Waals surface area contributed by atoms with Crippen LogP contribution >= 0.6 is 0 Å². The van der Waals surface area contributed by atoms with E-state index in [0.29, 0.717) is 11.8 Å². The van der Waals surface area contributed by atoms with E-state index in [4.69, 9.17) is 9.98 Å². The van der Waals surface area contributed by atoms with Crippen molar-refractivity contribution in [3.8, 4) is 0 Å².